The van der Waals surface area contributed by atoms with E-state index in [0.29, 0.717) is 14.9 Å². The molecule has 0 unspecified atom stereocenters. The average molecular weight is 299 g/mol. The molecule has 0 aliphatic rings. The third-order valence-corrected chi connectivity index (χ3v) is 3.83. The predicted molar refractivity (Wildman–Crippen MR) is 66.6 cm³/mol. The lowest BCUT2D eigenvalue weighted by molar-refractivity contribution is 0.104. The van der Waals surface area contributed by atoms with Gasteiger partial charge in [0.15, 0.2) is 0 Å². The molecule has 2 rings (SSSR count). The van der Waals surface area contributed by atoms with Crippen molar-refractivity contribution in [1.29, 1.82) is 0 Å². The van der Waals surface area contributed by atoms with E-state index in [9.17, 15) is 9.18 Å². The van der Waals surface area contributed by atoms with Gasteiger partial charge in [-0.1, -0.05) is 15.9 Å². The molecule has 2 aromatic rings. The standard InChI is InChI=1S/C12H8BrFOS/c1-7-2-5-11(16-7)12(15)9-6-8(14)3-4-10(9)13/h2-6H,1H3. The van der Waals surface area contributed by atoms with Crippen LogP contribution in [0.5, 0.6) is 0 Å². The predicted octanol–water partition coefficient (Wildman–Crippen LogP) is 4.19. The van der Waals surface area contributed by atoms with E-state index in [1.165, 1.54) is 23.5 Å². The Balaban J connectivity index is 2.45. The summed E-state index contributed by atoms with van der Waals surface area (Å²) in [5.41, 5.74) is 0.363. The van der Waals surface area contributed by atoms with Gasteiger partial charge in [0.1, 0.15) is 5.82 Å². The molecule has 0 aliphatic carbocycles. The number of aryl methyl sites for hydroxylation is 1. The van der Waals surface area contributed by atoms with Crippen molar-refractivity contribution in [1.82, 2.24) is 0 Å². The third kappa shape index (κ3) is 2.23. The zero-order chi connectivity index (χ0) is 11.7. The Hall–Kier alpha value is -1.00. The molecular weight excluding hydrogens is 291 g/mol. The summed E-state index contributed by atoms with van der Waals surface area (Å²) < 4.78 is 13.7. The lowest BCUT2D eigenvalue weighted by atomic mass is 10.1. The van der Waals surface area contributed by atoms with E-state index in [2.05, 4.69) is 15.9 Å². The van der Waals surface area contributed by atoms with E-state index in [1.54, 1.807) is 12.1 Å². The first-order chi connectivity index (χ1) is 7.58. The van der Waals surface area contributed by atoms with E-state index < -0.39 is 5.82 Å². The SMILES string of the molecule is Cc1ccc(C(=O)c2cc(F)ccc2Br)s1. The van der Waals surface area contributed by atoms with E-state index in [-0.39, 0.29) is 5.78 Å². The Morgan fingerprint density at radius 1 is 1.31 bits per heavy atom. The number of carbonyl (C=O) groups excluding carboxylic acids is 1. The Morgan fingerprint density at radius 2 is 2.06 bits per heavy atom. The van der Waals surface area contributed by atoms with Gasteiger partial charge in [0.25, 0.3) is 0 Å². The Kier molecular flexibility index (Phi) is 3.21. The van der Waals surface area contributed by atoms with Gasteiger partial charge in [-0.2, -0.15) is 0 Å². The van der Waals surface area contributed by atoms with Gasteiger partial charge in [-0.05, 0) is 37.3 Å². The zero-order valence-corrected chi connectivity index (χ0v) is 10.9. The largest absolute Gasteiger partial charge is 0.288 e. The van der Waals surface area contributed by atoms with Gasteiger partial charge in [-0.15, -0.1) is 11.3 Å². The van der Waals surface area contributed by atoms with Crippen LogP contribution in [-0.4, -0.2) is 5.78 Å². The molecule has 1 aromatic carbocycles. The van der Waals surface area contributed by atoms with Crippen LogP contribution in [-0.2, 0) is 0 Å². The summed E-state index contributed by atoms with van der Waals surface area (Å²) in [4.78, 5) is 13.7. The fraction of sp³-hybridized carbons (Fsp3) is 0.0833. The number of carbonyl (C=O) groups is 1. The molecule has 0 amide bonds. The topological polar surface area (TPSA) is 17.1 Å². The van der Waals surface area contributed by atoms with Crippen LogP contribution in [0.15, 0.2) is 34.8 Å². The molecule has 1 nitrogen and oxygen atoms in total. The van der Waals surface area contributed by atoms with Crippen LogP contribution in [0.3, 0.4) is 0 Å². The van der Waals surface area contributed by atoms with Crippen molar-refractivity contribution in [3.8, 4) is 0 Å². The van der Waals surface area contributed by atoms with Crippen molar-refractivity contribution in [3.05, 3.63) is 55.9 Å². The van der Waals surface area contributed by atoms with E-state index in [1.807, 2.05) is 13.0 Å². The number of hydrogen-bond acceptors (Lipinski definition) is 2. The second kappa shape index (κ2) is 4.47. The summed E-state index contributed by atoms with van der Waals surface area (Å²) in [6.07, 6.45) is 0. The fourth-order valence-corrected chi connectivity index (χ4v) is 2.61. The normalized spacial score (nSPS) is 10.4. The molecule has 16 heavy (non-hydrogen) atoms. The first-order valence-corrected chi connectivity index (χ1v) is 6.25. The summed E-state index contributed by atoms with van der Waals surface area (Å²) in [5, 5.41) is 0. The number of rotatable bonds is 2. The highest BCUT2D eigenvalue weighted by atomic mass is 79.9. The van der Waals surface area contributed by atoms with Crippen LogP contribution in [0.25, 0.3) is 0 Å². The maximum atomic E-state index is 13.1. The Bertz CT molecular complexity index is 548. The van der Waals surface area contributed by atoms with Gasteiger partial charge in [0.2, 0.25) is 5.78 Å². The van der Waals surface area contributed by atoms with Crippen LogP contribution >= 0.6 is 27.3 Å². The average Bonchev–Trinajstić information content (AvgIpc) is 2.67. The van der Waals surface area contributed by atoms with Gasteiger partial charge < -0.3 is 0 Å². The quantitative estimate of drug-likeness (QED) is 0.760. The van der Waals surface area contributed by atoms with Crippen molar-refractivity contribution in [3.63, 3.8) is 0 Å². The van der Waals surface area contributed by atoms with Crippen molar-refractivity contribution in [2.24, 2.45) is 0 Å². The number of ketones is 1. The molecule has 0 N–H and O–H groups in total. The highest BCUT2D eigenvalue weighted by molar-refractivity contribution is 9.10. The highest BCUT2D eigenvalue weighted by Gasteiger charge is 2.14. The molecule has 0 aliphatic heterocycles. The molecule has 1 aromatic heterocycles. The molecular formula is C12H8BrFOS. The second-order valence-electron chi connectivity index (χ2n) is 3.36. The molecule has 0 spiro atoms. The molecule has 0 saturated heterocycles. The summed E-state index contributed by atoms with van der Waals surface area (Å²) in [6, 6.07) is 7.76. The highest BCUT2D eigenvalue weighted by Crippen LogP contribution is 2.24. The number of benzene rings is 1. The summed E-state index contributed by atoms with van der Waals surface area (Å²) in [6.45, 7) is 1.93. The summed E-state index contributed by atoms with van der Waals surface area (Å²) in [5.74, 6) is -0.552. The minimum atomic E-state index is -0.403. The lowest BCUT2D eigenvalue weighted by Gasteiger charge is -2.01. The Morgan fingerprint density at radius 3 is 2.69 bits per heavy atom. The lowest BCUT2D eigenvalue weighted by Crippen LogP contribution is -2.00. The van der Waals surface area contributed by atoms with Crippen molar-refractivity contribution < 1.29 is 9.18 Å². The number of thiophene rings is 1. The van der Waals surface area contributed by atoms with Gasteiger partial charge in [0.05, 0.1) is 4.88 Å². The van der Waals surface area contributed by atoms with Crippen LogP contribution in [0, 0.1) is 12.7 Å². The van der Waals surface area contributed by atoms with Crippen LogP contribution in [0.1, 0.15) is 20.1 Å². The maximum absolute atomic E-state index is 13.1. The van der Waals surface area contributed by atoms with Crippen LogP contribution in [0.4, 0.5) is 4.39 Å². The summed E-state index contributed by atoms with van der Waals surface area (Å²) >= 11 is 4.66. The van der Waals surface area contributed by atoms with Gasteiger partial charge >= 0.3 is 0 Å². The molecule has 0 fully saturated rings. The summed E-state index contributed by atoms with van der Waals surface area (Å²) in [7, 11) is 0. The van der Waals surface area contributed by atoms with Crippen molar-refractivity contribution in [2.75, 3.05) is 0 Å². The number of halogens is 2. The van der Waals surface area contributed by atoms with E-state index in [4.69, 9.17) is 0 Å². The Labute approximate surface area is 105 Å². The van der Waals surface area contributed by atoms with Crippen LogP contribution in [0.2, 0.25) is 0 Å². The molecule has 0 radical (unpaired) electrons. The maximum Gasteiger partial charge on any atom is 0.204 e. The molecule has 0 saturated carbocycles. The second-order valence-corrected chi connectivity index (χ2v) is 5.51. The monoisotopic (exact) mass is 298 g/mol. The van der Waals surface area contributed by atoms with Gasteiger partial charge in [-0.3, -0.25) is 4.79 Å². The number of hydrogen-bond donors (Lipinski definition) is 0. The minimum absolute atomic E-state index is 0.149. The zero-order valence-electron chi connectivity index (χ0n) is 8.46. The first-order valence-electron chi connectivity index (χ1n) is 4.64. The molecule has 0 atom stereocenters. The molecule has 1 heterocycles. The first kappa shape index (κ1) is 11.5. The minimum Gasteiger partial charge on any atom is -0.288 e. The fourth-order valence-electron chi connectivity index (χ4n) is 1.36. The smallest absolute Gasteiger partial charge is 0.204 e. The van der Waals surface area contributed by atoms with Crippen molar-refractivity contribution >= 4 is 33.0 Å². The van der Waals surface area contributed by atoms with E-state index in [0.717, 1.165) is 4.88 Å². The van der Waals surface area contributed by atoms with Gasteiger partial charge in [-0.25, -0.2) is 4.39 Å². The molecule has 0 bridgehead atoms. The third-order valence-electron chi connectivity index (χ3n) is 2.14. The van der Waals surface area contributed by atoms with Crippen molar-refractivity contribution in [2.45, 2.75) is 6.92 Å². The van der Waals surface area contributed by atoms with Crippen LogP contribution < -0.4 is 0 Å². The molecule has 4 heteroatoms. The molecule has 82 valence electrons. The van der Waals surface area contributed by atoms with Gasteiger partial charge in [0, 0.05) is 14.9 Å². The van der Waals surface area contributed by atoms with E-state index >= 15 is 0 Å².